The van der Waals surface area contributed by atoms with E-state index in [0.717, 1.165) is 31.8 Å². The van der Waals surface area contributed by atoms with E-state index in [1.165, 1.54) is 31.9 Å². The Balaban J connectivity index is 1.73. The van der Waals surface area contributed by atoms with Crippen molar-refractivity contribution in [1.29, 1.82) is 0 Å². The summed E-state index contributed by atoms with van der Waals surface area (Å²) in [6, 6.07) is 10.2. The summed E-state index contributed by atoms with van der Waals surface area (Å²) in [6.45, 7) is 4.34. The van der Waals surface area contributed by atoms with Gasteiger partial charge in [-0.3, -0.25) is 10.1 Å². The quantitative estimate of drug-likeness (QED) is 0.266. The van der Waals surface area contributed by atoms with Gasteiger partial charge < -0.3 is 14.8 Å². The Morgan fingerprint density at radius 1 is 1.00 bits per heavy atom. The molecule has 0 aromatic heterocycles. The molecule has 0 aliphatic heterocycles. The van der Waals surface area contributed by atoms with Crippen molar-refractivity contribution in [1.82, 2.24) is 10.6 Å². The summed E-state index contributed by atoms with van der Waals surface area (Å²) in [5, 5.41) is 6.75. The largest absolute Gasteiger partial charge is 0.468 e. The molecule has 1 rings (SSSR count). The summed E-state index contributed by atoms with van der Waals surface area (Å²) in [6.07, 6.45) is 4.67. The summed E-state index contributed by atoms with van der Waals surface area (Å²) in [4.78, 5) is 10.9. The number of rotatable bonds is 16. The van der Waals surface area contributed by atoms with Crippen molar-refractivity contribution >= 4 is 17.7 Å². The topological polar surface area (TPSA) is 59.6 Å². The van der Waals surface area contributed by atoms with Crippen LogP contribution in [0.5, 0.6) is 0 Å². The van der Waals surface area contributed by atoms with Crippen LogP contribution in [0, 0.1) is 0 Å². The van der Waals surface area contributed by atoms with Gasteiger partial charge in [-0.25, -0.2) is 0 Å². The van der Waals surface area contributed by atoms with Crippen molar-refractivity contribution in [2.45, 2.75) is 32.3 Å². The molecule has 0 unspecified atom stereocenters. The van der Waals surface area contributed by atoms with Gasteiger partial charge in [-0.15, -0.1) is 0 Å². The average molecular weight is 369 g/mol. The maximum Gasteiger partial charge on any atom is 0.315 e. The first-order valence-corrected chi connectivity index (χ1v) is 10.2. The highest BCUT2D eigenvalue weighted by Gasteiger charge is 1.99. The van der Waals surface area contributed by atoms with Gasteiger partial charge in [-0.05, 0) is 50.2 Å². The first kappa shape index (κ1) is 22.0. The molecule has 0 radical (unpaired) electrons. The molecule has 25 heavy (non-hydrogen) atoms. The van der Waals surface area contributed by atoms with Gasteiger partial charge in [0.05, 0.1) is 26.2 Å². The molecular formula is C19H32N2O3S. The van der Waals surface area contributed by atoms with Gasteiger partial charge in [0.25, 0.3) is 0 Å². The number of carbonyl (C=O) groups is 1. The van der Waals surface area contributed by atoms with Crippen molar-refractivity contribution in [3.63, 3.8) is 0 Å². The summed E-state index contributed by atoms with van der Waals surface area (Å²) in [5.41, 5.74) is 1.21. The normalized spacial score (nSPS) is 10.8. The van der Waals surface area contributed by atoms with Crippen LogP contribution in [-0.4, -0.2) is 50.9 Å². The molecule has 0 atom stereocenters. The minimum Gasteiger partial charge on any atom is -0.468 e. The first-order valence-electron chi connectivity index (χ1n) is 9.00. The van der Waals surface area contributed by atoms with E-state index in [1.807, 2.05) is 18.2 Å². The molecule has 0 aliphatic carbocycles. The number of benzene rings is 1. The van der Waals surface area contributed by atoms with E-state index < -0.39 is 0 Å². The maximum atomic E-state index is 10.9. The van der Waals surface area contributed by atoms with Crippen molar-refractivity contribution < 1.29 is 14.3 Å². The number of thioether (sulfide) groups is 1. The van der Waals surface area contributed by atoms with Crippen molar-refractivity contribution in [2.75, 3.05) is 45.0 Å². The Morgan fingerprint density at radius 3 is 2.48 bits per heavy atom. The number of hydrogen-bond acceptors (Lipinski definition) is 6. The number of ether oxygens (including phenoxy) is 2. The van der Waals surface area contributed by atoms with E-state index >= 15 is 0 Å². The Hall–Kier alpha value is -1.08. The van der Waals surface area contributed by atoms with Gasteiger partial charge >= 0.3 is 5.97 Å². The van der Waals surface area contributed by atoms with Crippen LogP contribution < -0.4 is 10.6 Å². The molecule has 0 aliphatic rings. The summed E-state index contributed by atoms with van der Waals surface area (Å²) in [7, 11) is 1.43. The third-order valence-corrected chi connectivity index (χ3v) is 4.63. The zero-order chi connectivity index (χ0) is 18.0. The fourth-order valence-electron chi connectivity index (χ4n) is 2.20. The lowest BCUT2D eigenvalue weighted by Gasteiger charge is -2.07. The zero-order valence-corrected chi connectivity index (χ0v) is 16.1. The SMILES string of the molecule is COC(=O)CSCCCNCCCCCNCOCc1ccccc1. The van der Waals surface area contributed by atoms with Gasteiger partial charge in [-0.2, -0.15) is 11.8 Å². The molecule has 0 saturated heterocycles. The van der Waals surface area contributed by atoms with Crippen LogP contribution >= 0.6 is 11.8 Å². The van der Waals surface area contributed by atoms with Crippen LogP contribution in [0.4, 0.5) is 0 Å². The second-order valence-corrected chi connectivity index (χ2v) is 6.88. The molecule has 5 nitrogen and oxygen atoms in total. The zero-order valence-electron chi connectivity index (χ0n) is 15.3. The number of carbonyl (C=O) groups excluding carboxylic acids is 1. The molecule has 0 spiro atoms. The molecule has 0 fully saturated rings. The minimum absolute atomic E-state index is 0.142. The van der Waals surface area contributed by atoms with Crippen LogP contribution in [0.25, 0.3) is 0 Å². The summed E-state index contributed by atoms with van der Waals surface area (Å²) >= 11 is 1.63. The minimum atomic E-state index is -0.142. The number of hydrogen-bond donors (Lipinski definition) is 2. The fourth-order valence-corrected chi connectivity index (χ4v) is 2.98. The third-order valence-electron chi connectivity index (χ3n) is 3.61. The van der Waals surface area contributed by atoms with E-state index in [4.69, 9.17) is 4.74 Å². The lowest BCUT2D eigenvalue weighted by atomic mass is 10.2. The van der Waals surface area contributed by atoms with Gasteiger partial charge in [-0.1, -0.05) is 36.8 Å². The van der Waals surface area contributed by atoms with Gasteiger partial charge in [0.2, 0.25) is 0 Å². The molecule has 6 heteroatoms. The molecule has 142 valence electrons. The Morgan fingerprint density at radius 2 is 1.72 bits per heavy atom. The van der Waals surface area contributed by atoms with Crippen molar-refractivity contribution in [3.05, 3.63) is 35.9 Å². The fraction of sp³-hybridized carbons (Fsp3) is 0.632. The van der Waals surface area contributed by atoms with E-state index in [-0.39, 0.29) is 5.97 Å². The predicted octanol–water partition coefficient (Wildman–Crippen LogP) is 2.81. The van der Waals surface area contributed by atoms with Crippen LogP contribution in [0.15, 0.2) is 30.3 Å². The van der Waals surface area contributed by atoms with E-state index in [9.17, 15) is 4.79 Å². The van der Waals surface area contributed by atoms with E-state index in [1.54, 1.807) is 11.8 Å². The van der Waals surface area contributed by atoms with E-state index in [2.05, 4.69) is 27.5 Å². The predicted molar refractivity (Wildman–Crippen MR) is 105 cm³/mol. The van der Waals surface area contributed by atoms with Gasteiger partial charge in [0.1, 0.15) is 0 Å². The van der Waals surface area contributed by atoms with Crippen molar-refractivity contribution in [2.24, 2.45) is 0 Å². The summed E-state index contributed by atoms with van der Waals surface area (Å²) < 4.78 is 10.2. The maximum absolute atomic E-state index is 10.9. The highest BCUT2D eigenvalue weighted by molar-refractivity contribution is 7.99. The number of nitrogens with one attached hydrogen (secondary N) is 2. The van der Waals surface area contributed by atoms with Gasteiger partial charge in [0, 0.05) is 0 Å². The standard InChI is InChI=1S/C19H32N2O3S/c1-23-19(22)16-25-14-8-13-20-11-6-3-7-12-21-17-24-15-18-9-4-2-5-10-18/h2,4-5,9-10,20-21H,3,6-8,11-17H2,1H3. The number of unbranched alkanes of at least 4 members (excludes halogenated alkanes) is 2. The van der Waals surface area contributed by atoms with Crippen LogP contribution in [0.3, 0.4) is 0 Å². The molecular weight excluding hydrogens is 336 g/mol. The molecule has 0 saturated carbocycles. The molecule has 2 N–H and O–H groups in total. The van der Waals surface area contributed by atoms with Crippen LogP contribution in [-0.2, 0) is 20.9 Å². The molecule has 0 amide bonds. The van der Waals surface area contributed by atoms with Crippen LogP contribution in [0.2, 0.25) is 0 Å². The molecule has 1 aromatic rings. The lowest BCUT2D eigenvalue weighted by Crippen LogP contribution is -2.20. The summed E-state index contributed by atoms with van der Waals surface area (Å²) in [5.74, 6) is 1.31. The van der Waals surface area contributed by atoms with Crippen LogP contribution in [0.1, 0.15) is 31.2 Å². The second kappa shape index (κ2) is 16.4. The Labute approximate surface area is 156 Å². The lowest BCUT2D eigenvalue weighted by molar-refractivity contribution is -0.137. The Kier molecular flexibility index (Phi) is 14.4. The highest BCUT2D eigenvalue weighted by atomic mass is 32.2. The average Bonchev–Trinajstić information content (AvgIpc) is 2.65. The van der Waals surface area contributed by atoms with Crippen molar-refractivity contribution in [3.8, 4) is 0 Å². The monoisotopic (exact) mass is 368 g/mol. The number of methoxy groups -OCH3 is 1. The highest BCUT2D eigenvalue weighted by Crippen LogP contribution is 2.02. The molecule has 0 heterocycles. The number of esters is 1. The van der Waals surface area contributed by atoms with E-state index in [0.29, 0.717) is 19.1 Å². The third kappa shape index (κ3) is 13.8. The van der Waals surface area contributed by atoms with Gasteiger partial charge in [0.15, 0.2) is 0 Å². The molecule has 0 bridgehead atoms. The smallest absolute Gasteiger partial charge is 0.315 e. The Bertz CT molecular complexity index is 432. The molecule has 1 aromatic carbocycles. The second-order valence-electron chi connectivity index (χ2n) is 5.77. The first-order chi connectivity index (χ1) is 12.3.